The summed E-state index contributed by atoms with van der Waals surface area (Å²) >= 11 is 0. The second-order valence-electron chi connectivity index (χ2n) is 6.69. The molecular formula is C17H39N3OSi. The van der Waals surface area contributed by atoms with Crippen LogP contribution in [0.3, 0.4) is 0 Å². The van der Waals surface area contributed by atoms with Crippen molar-refractivity contribution in [2.75, 3.05) is 26.2 Å². The minimum atomic E-state index is -1.43. The highest BCUT2D eigenvalue weighted by atomic mass is 28.3. The third-order valence-electron chi connectivity index (χ3n) is 4.62. The second-order valence-corrected chi connectivity index (χ2v) is 8.60. The van der Waals surface area contributed by atoms with Crippen LogP contribution in [-0.4, -0.2) is 41.6 Å². The van der Waals surface area contributed by atoms with E-state index in [1.165, 1.54) is 51.4 Å². The van der Waals surface area contributed by atoms with Crippen LogP contribution in [0.15, 0.2) is 0 Å². The number of hydrogen-bond acceptors (Lipinski definition) is 4. The Kier molecular flexibility index (Phi) is 12.3. The standard InChI is InChI=1S/C17H39N3OSi/c1-4-6-12-19-22(20-13-7-5-2)21-15-14-18-17-11-9-8-10-16(17)3/h16-20,22H,4-15H2,1-3H3. The minimum absolute atomic E-state index is 0.707. The number of hydrogen-bond donors (Lipinski definition) is 3. The van der Waals surface area contributed by atoms with E-state index in [2.05, 4.69) is 36.1 Å². The van der Waals surface area contributed by atoms with Crippen LogP contribution < -0.4 is 15.3 Å². The van der Waals surface area contributed by atoms with E-state index in [0.29, 0.717) is 6.04 Å². The summed E-state index contributed by atoms with van der Waals surface area (Å²) in [7, 11) is -1.43. The van der Waals surface area contributed by atoms with Gasteiger partial charge in [-0.15, -0.1) is 0 Å². The first kappa shape index (κ1) is 20.1. The summed E-state index contributed by atoms with van der Waals surface area (Å²) < 4.78 is 6.12. The molecule has 4 nitrogen and oxygen atoms in total. The summed E-state index contributed by atoms with van der Waals surface area (Å²) in [5, 5.41) is 3.70. The molecule has 1 fully saturated rings. The molecule has 1 saturated carbocycles. The molecule has 0 aromatic rings. The van der Waals surface area contributed by atoms with Gasteiger partial charge in [-0.1, -0.05) is 46.5 Å². The van der Waals surface area contributed by atoms with E-state index in [0.717, 1.165) is 32.2 Å². The molecule has 1 aliphatic rings. The molecule has 0 amide bonds. The summed E-state index contributed by atoms with van der Waals surface area (Å²) in [6, 6.07) is 0.707. The lowest BCUT2D eigenvalue weighted by Gasteiger charge is -2.30. The number of unbranched alkanes of at least 4 members (excludes halogenated alkanes) is 2. The highest BCUT2D eigenvalue weighted by molar-refractivity contribution is 6.45. The van der Waals surface area contributed by atoms with Gasteiger partial charge in [0.25, 0.3) is 0 Å². The molecule has 0 saturated heterocycles. The molecule has 0 spiro atoms. The van der Waals surface area contributed by atoms with Crippen LogP contribution in [0.4, 0.5) is 0 Å². The first-order valence-electron chi connectivity index (χ1n) is 9.59. The average molecular weight is 330 g/mol. The van der Waals surface area contributed by atoms with Gasteiger partial charge in [0, 0.05) is 19.2 Å². The van der Waals surface area contributed by atoms with Crippen molar-refractivity contribution in [3.8, 4) is 0 Å². The smallest absolute Gasteiger partial charge is 0.335 e. The molecule has 5 heteroatoms. The second kappa shape index (κ2) is 13.5. The molecule has 0 bridgehead atoms. The van der Waals surface area contributed by atoms with Gasteiger partial charge in [-0.2, -0.15) is 0 Å². The summed E-state index contributed by atoms with van der Waals surface area (Å²) in [5.74, 6) is 0.826. The Hall–Kier alpha value is 0.0569. The van der Waals surface area contributed by atoms with Crippen LogP contribution in [-0.2, 0) is 4.43 Å². The number of rotatable bonds is 13. The predicted octanol–water partition coefficient (Wildman–Crippen LogP) is 2.67. The largest absolute Gasteiger partial charge is 0.393 e. The molecular weight excluding hydrogens is 290 g/mol. The van der Waals surface area contributed by atoms with E-state index in [9.17, 15) is 0 Å². The quantitative estimate of drug-likeness (QED) is 0.359. The SMILES string of the molecule is CCCCN[SiH](NCCCC)OCCNC1CCCCC1C. The van der Waals surface area contributed by atoms with Crippen molar-refractivity contribution in [1.82, 2.24) is 15.3 Å². The first-order valence-corrected chi connectivity index (χ1v) is 11.2. The third kappa shape index (κ3) is 9.25. The van der Waals surface area contributed by atoms with Crippen molar-refractivity contribution in [1.29, 1.82) is 0 Å². The van der Waals surface area contributed by atoms with Gasteiger partial charge in [0.05, 0.1) is 0 Å². The van der Waals surface area contributed by atoms with E-state index >= 15 is 0 Å². The Bertz CT molecular complexity index is 246. The number of nitrogens with one attached hydrogen (secondary N) is 3. The van der Waals surface area contributed by atoms with Gasteiger partial charge < -0.3 is 19.7 Å². The minimum Gasteiger partial charge on any atom is -0.393 e. The Morgan fingerprint density at radius 3 is 2.18 bits per heavy atom. The van der Waals surface area contributed by atoms with Crippen LogP contribution in [0.1, 0.15) is 72.1 Å². The summed E-state index contributed by atoms with van der Waals surface area (Å²) in [5.41, 5.74) is 0. The maximum absolute atomic E-state index is 6.12. The molecule has 0 aromatic carbocycles. The van der Waals surface area contributed by atoms with E-state index < -0.39 is 9.36 Å². The van der Waals surface area contributed by atoms with Crippen molar-refractivity contribution < 1.29 is 4.43 Å². The van der Waals surface area contributed by atoms with Crippen LogP contribution in [0.2, 0.25) is 0 Å². The van der Waals surface area contributed by atoms with Gasteiger partial charge in [-0.3, -0.25) is 0 Å². The van der Waals surface area contributed by atoms with Crippen molar-refractivity contribution in [2.24, 2.45) is 5.92 Å². The van der Waals surface area contributed by atoms with Crippen molar-refractivity contribution >= 4 is 9.36 Å². The van der Waals surface area contributed by atoms with Crippen LogP contribution in [0.25, 0.3) is 0 Å². The van der Waals surface area contributed by atoms with Gasteiger partial charge in [-0.05, 0) is 44.7 Å². The molecule has 0 aromatic heterocycles. The molecule has 2 atom stereocenters. The average Bonchev–Trinajstić information content (AvgIpc) is 2.53. The van der Waals surface area contributed by atoms with Gasteiger partial charge in [0.1, 0.15) is 0 Å². The molecule has 3 N–H and O–H groups in total. The molecule has 132 valence electrons. The lowest BCUT2D eigenvalue weighted by atomic mass is 9.86. The van der Waals surface area contributed by atoms with Crippen molar-refractivity contribution in [2.45, 2.75) is 78.2 Å². The Morgan fingerprint density at radius 2 is 1.59 bits per heavy atom. The molecule has 1 aliphatic carbocycles. The topological polar surface area (TPSA) is 45.3 Å². The first-order chi connectivity index (χ1) is 10.8. The van der Waals surface area contributed by atoms with Crippen molar-refractivity contribution in [3.63, 3.8) is 0 Å². The molecule has 0 heterocycles. The Labute approximate surface area is 140 Å². The molecule has 1 rings (SSSR count). The van der Waals surface area contributed by atoms with E-state index in [1.807, 2.05) is 0 Å². The zero-order valence-electron chi connectivity index (χ0n) is 15.1. The normalized spacial score (nSPS) is 22.4. The fraction of sp³-hybridized carbons (Fsp3) is 1.00. The maximum Gasteiger partial charge on any atom is 0.335 e. The van der Waals surface area contributed by atoms with E-state index in [-0.39, 0.29) is 0 Å². The van der Waals surface area contributed by atoms with Crippen LogP contribution >= 0.6 is 0 Å². The monoisotopic (exact) mass is 329 g/mol. The van der Waals surface area contributed by atoms with Gasteiger partial charge in [0.15, 0.2) is 0 Å². The van der Waals surface area contributed by atoms with Gasteiger partial charge in [0.2, 0.25) is 0 Å². The maximum atomic E-state index is 6.12. The van der Waals surface area contributed by atoms with Gasteiger partial charge >= 0.3 is 9.36 Å². The van der Waals surface area contributed by atoms with Crippen LogP contribution in [0, 0.1) is 5.92 Å². The Morgan fingerprint density at radius 1 is 0.955 bits per heavy atom. The van der Waals surface area contributed by atoms with Crippen LogP contribution in [0.5, 0.6) is 0 Å². The van der Waals surface area contributed by atoms with E-state index in [1.54, 1.807) is 0 Å². The Balaban J connectivity index is 2.14. The predicted molar refractivity (Wildman–Crippen MR) is 98.3 cm³/mol. The summed E-state index contributed by atoms with van der Waals surface area (Å²) in [4.78, 5) is 7.21. The van der Waals surface area contributed by atoms with E-state index in [4.69, 9.17) is 4.43 Å². The van der Waals surface area contributed by atoms with Gasteiger partial charge in [-0.25, -0.2) is 0 Å². The third-order valence-corrected chi connectivity index (χ3v) is 6.51. The summed E-state index contributed by atoms with van der Waals surface area (Å²) in [6.45, 7) is 10.8. The summed E-state index contributed by atoms with van der Waals surface area (Å²) in [6.07, 6.45) is 10.5. The molecule has 22 heavy (non-hydrogen) atoms. The zero-order valence-corrected chi connectivity index (χ0v) is 16.3. The highest BCUT2D eigenvalue weighted by Gasteiger charge is 2.20. The zero-order chi connectivity index (χ0) is 16.0. The lowest BCUT2D eigenvalue weighted by molar-refractivity contribution is 0.246. The fourth-order valence-corrected chi connectivity index (χ4v) is 4.72. The van der Waals surface area contributed by atoms with Crippen molar-refractivity contribution in [3.05, 3.63) is 0 Å². The molecule has 2 unspecified atom stereocenters. The molecule has 0 aliphatic heterocycles. The molecule has 0 radical (unpaired) electrons. The fourth-order valence-electron chi connectivity index (χ4n) is 3.05. The lowest BCUT2D eigenvalue weighted by Crippen LogP contribution is -2.51. The highest BCUT2D eigenvalue weighted by Crippen LogP contribution is 2.23.